The molecule has 0 bridgehead atoms. The van der Waals surface area contributed by atoms with Crippen molar-refractivity contribution in [3.8, 4) is 11.5 Å². The summed E-state index contributed by atoms with van der Waals surface area (Å²) in [5.41, 5.74) is 6.45. The summed E-state index contributed by atoms with van der Waals surface area (Å²) in [7, 11) is 0. The van der Waals surface area contributed by atoms with Crippen LogP contribution in [0.15, 0.2) is 18.2 Å². The molecule has 1 rings (SSSR count). The van der Waals surface area contributed by atoms with Crippen molar-refractivity contribution in [3.63, 3.8) is 0 Å². The summed E-state index contributed by atoms with van der Waals surface area (Å²) in [4.78, 5) is 48.7. The second kappa shape index (κ2) is 15.9. The van der Waals surface area contributed by atoms with Crippen LogP contribution < -0.4 is 15.2 Å². The molecule has 0 aliphatic heterocycles. The Morgan fingerprint density at radius 3 is 1.97 bits per heavy atom. The zero-order valence-electron chi connectivity index (χ0n) is 22.7. The Bertz CT molecular complexity index is 917. The minimum Gasteiger partial charge on any atom is -0.480 e. The van der Waals surface area contributed by atoms with Crippen molar-refractivity contribution in [2.24, 2.45) is 23.5 Å². The quantitative estimate of drug-likeness (QED) is 0.188. The van der Waals surface area contributed by atoms with Gasteiger partial charge in [-0.1, -0.05) is 54.0 Å². The maximum atomic E-state index is 12.6. The lowest BCUT2D eigenvalue weighted by molar-refractivity contribution is -0.141. The summed E-state index contributed by atoms with van der Waals surface area (Å²) in [5, 5.41) is 9.65. The predicted molar refractivity (Wildman–Crippen MR) is 136 cm³/mol. The van der Waals surface area contributed by atoms with Crippen molar-refractivity contribution in [2.45, 2.75) is 79.2 Å². The Balaban J connectivity index is 3.32. The van der Waals surface area contributed by atoms with Gasteiger partial charge >= 0.3 is 24.1 Å². The minimum absolute atomic E-state index is 0.0193. The maximum Gasteiger partial charge on any atom is 0.508 e. The van der Waals surface area contributed by atoms with Crippen LogP contribution in [0.3, 0.4) is 0 Å². The number of hydrogen-bond acceptors (Lipinski definition) is 9. The summed E-state index contributed by atoms with van der Waals surface area (Å²) in [6.07, 6.45) is 1.80. The molecular weight excluding hydrogens is 482 g/mol. The van der Waals surface area contributed by atoms with Gasteiger partial charge in [0.05, 0.1) is 25.0 Å². The SMILES string of the molecule is CCCCOC(=O)OCC(C)C(c1ccc(OC(=O)C(C)CC)c(OC(=O)C(C)CC)c1)[C@H](N)C(=O)O. The van der Waals surface area contributed by atoms with E-state index >= 15 is 0 Å². The molecule has 5 atom stereocenters. The lowest BCUT2D eigenvalue weighted by Crippen LogP contribution is -2.40. The van der Waals surface area contributed by atoms with Crippen LogP contribution in [0.4, 0.5) is 4.79 Å². The summed E-state index contributed by atoms with van der Waals surface area (Å²) in [6, 6.07) is 3.09. The number of nitrogens with two attached hydrogens (primary N) is 1. The van der Waals surface area contributed by atoms with E-state index in [2.05, 4.69) is 0 Å². The monoisotopic (exact) mass is 523 g/mol. The molecule has 208 valence electrons. The highest BCUT2D eigenvalue weighted by Gasteiger charge is 2.33. The smallest absolute Gasteiger partial charge is 0.480 e. The van der Waals surface area contributed by atoms with Crippen LogP contribution >= 0.6 is 0 Å². The highest BCUT2D eigenvalue weighted by Crippen LogP contribution is 2.36. The first-order valence-electron chi connectivity index (χ1n) is 12.8. The molecule has 0 saturated carbocycles. The molecule has 0 radical (unpaired) electrons. The van der Waals surface area contributed by atoms with Crippen LogP contribution in [-0.2, 0) is 23.9 Å². The molecule has 0 spiro atoms. The molecule has 3 N–H and O–H groups in total. The topological polar surface area (TPSA) is 151 Å². The second-order valence-corrected chi connectivity index (χ2v) is 9.30. The Morgan fingerprint density at radius 2 is 1.46 bits per heavy atom. The van der Waals surface area contributed by atoms with Crippen LogP contribution in [0.5, 0.6) is 11.5 Å². The number of esters is 2. The molecule has 0 aromatic heterocycles. The summed E-state index contributed by atoms with van der Waals surface area (Å²) in [6.45, 7) is 10.8. The highest BCUT2D eigenvalue weighted by molar-refractivity contribution is 5.79. The lowest BCUT2D eigenvalue weighted by atomic mass is 9.82. The van der Waals surface area contributed by atoms with E-state index in [-0.39, 0.29) is 30.6 Å². The van der Waals surface area contributed by atoms with Gasteiger partial charge in [0.25, 0.3) is 0 Å². The van der Waals surface area contributed by atoms with Crippen molar-refractivity contribution in [1.29, 1.82) is 0 Å². The Labute approximate surface area is 218 Å². The number of carbonyl (C=O) groups excluding carboxylic acids is 3. The highest BCUT2D eigenvalue weighted by atomic mass is 16.7. The standard InChI is InChI=1S/C27H41NO9/c1-7-10-13-34-27(33)35-15-18(6)22(23(28)24(29)30)19-11-12-20(36-25(31)16(4)8-2)21(14-19)37-26(32)17(5)9-3/h11-12,14,16-18,22-23H,7-10,13,15,28H2,1-6H3,(H,29,30)/t16?,17?,18?,22?,23-/m0/s1. The molecule has 0 fully saturated rings. The number of rotatable bonds is 15. The van der Waals surface area contributed by atoms with Gasteiger partial charge in [-0.3, -0.25) is 14.4 Å². The number of carboxylic acid groups (broad SMARTS) is 1. The zero-order valence-corrected chi connectivity index (χ0v) is 22.7. The minimum atomic E-state index is -1.36. The van der Waals surface area contributed by atoms with Crippen LogP contribution in [0.2, 0.25) is 0 Å². The zero-order chi connectivity index (χ0) is 28.1. The van der Waals surface area contributed by atoms with Gasteiger partial charge in [-0.05, 0) is 42.9 Å². The van der Waals surface area contributed by atoms with Crippen molar-refractivity contribution in [1.82, 2.24) is 0 Å². The van der Waals surface area contributed by atoms with E-state index in [9.17, 15) is 24.3 Å². The third-order valence-corrected chi connectivity index (χ3v) is 6.27. The Kier molecular flexibility index (Phi) is 13.7. The molecule has 0 aliphatic carbocycles. The summed E-state index contributed by atoms with van der Waals surface area (Å²) in [5.74, 6) is -4.41. The van der Waals surface area contributed by atoms with Crippen molar-refractivity contribution >= 4 is 24.1 Å². The van der Waals surface area contributed by atoms with E-state index in [1.54, 1.807) is 26.8 Å². The average molecular weight is 524 g/mol. The maximum absolute atomic E-state index is 12.6. The summed E-state index contributed by atoms with van der Waals surface area (Å²) >= 11 is 0. The van der Waals surface area contributed by atoms with E-state index < -0.39 is 47.9 Å². The number of carbonyl (C=O) groups is 4. The van der Waals surface area contributed by atoms with Gasteiger partial charge in [-0.2, -0.15) is 0 Å². The largest absolute Gasteiger partial charge is 0.508 e. The van der Waals surface area contributed by atoms with Crippen molar-refractivity contribution in [2.75, 3.05) is 13.2 Å². The van der Waals surface area contributed by atoms with Gasteiger partial charge in [0.1, 0.15) is 6.04 Å². The fourth-order valence-corrected chi connectivity index (χ4v) is 3.34. The Morgan fingerprint density at radius 1 is 0.892 bits per heavy atom. The fourth-order valence-electron chi connectivity index (χ4n) is 3.34. The van der Waals surface area contributed by atoms with Crippen LogP contribution in [0.25, 0.3) is 0 Å². The van der Waals surface area contributed by atoms with Crippen molar-refractivity contribution < 1.29 is 43.2 Å². The summed E-state index contributed by atoms with van der Waals surface area (Å²) < 4.78 is 21.2. The van der Waals surface area contributed by atoms with Crippen molar-refractivity contribution in [3.05, 3.63) is 23.8 Å². The van der Waals surface area contributed by atoms with Gasteiger partial charge in [0.15, 0.2) is 11.5 Å². The van der Waals surface area contributed by atoms with Crippen LogP contribution in [0, 0.1) is 17.8 Å². The normalized spacial score (nSPS) is 15.0. The van der Waals surface area contributed by atoms with Gasteiger partial charge in [-0.25, -0.2) is 4.79 Å². The number of carboxylic acids is 1. The molecule has 37 heavy (non-hydrogen) atoms. The Hall–Kier alpha value is -3.14. The molecule has 4 unspecified atom stereocenters. The molecule has 1 aromatic carbocycles. The number of ether oxygens (including phenoxy) is 4. The van der Waals surface area contributed by atoms with Crippen LogP contribution in [-0.4, -0.2) is 48.4 Å². The van der Waals surface area contributed by atoms with Gasteiger partial charge in [0.2, 0.25) is 0 Å². The van der Waals surface area contributed by atoms with Crippen LogP contribution in [0.1, 0.15) is 78.7 Å². The third kappa shape index (κ3) is 10.0. The lowest BCUT2D eigenvalue weighted by Gasteiger charge is -2.28. The van der Waals surface area contributed by atoms with E-state index in [0.717, 1.165) is 6.42 Å². The average Bonchev–Trinajstić information content (AvgIpc) is 2.87. The number of unbranched alkanes of at least 4 members (excludes halogenated alkanes) is 1. The van der Waals surface area contributed by atoms with Gasteiger partial charge in [0, 0.05) is 5.92 Å². The number of hydrogen-bond donors (Lipinski definition) is 2. The fraction of sp³-hybridized carbons (Fsp3) is 0.630. The first-order valence-corrected chi connectivity index (χ1v) is 12.8. The van der Waals surface area contributed by atoms with Gasteiger partial charge < -0.3 is 29.8 Å². The third-order valence-electron chi connectivity index (χ3n) is 6.27. The van der Waals surface area contributed by atoms with E-state index in [0.29, 0.717) is 24.8 Å². The first kappa shape index (κ1) is 31.9. The molecule has 0 aliphatic rings. The first-order chi connectivity index (χ1) is 17.5. The van der Waals surface area contributed by atoms with E-state index in [4.69, 9.17) is 24.7 Å². The molecule has 0 amide bonds. The van der Waals surface area contributed by atoms with E-state index in [1.165, 1.54) is 12.1 Å². The second-order valence-electron chi connectivity index (χ2n) is 9.30. The molecule has 0 heterocycles. The molecule has 0 saturated heterocycles. The molecular formula is C27H41NO9. The molecule has 10 heteroatoms. The number of aliphatic carboxylic acids is 1. The molecule has 10 nitrogen and oxygen atoms in total. The predicted octanol–water partition coefficient (Wildman–Crippen LogP) is 4.67. The molecule has 1 aromatic rings. The number of benzene rings is 1. The van der Waals surface area contributed by atoms with Gasteiger partial charge in [-0.15, -0.1) is 0 Å². The van der Waals surface area contributed by atoms with E-state index in [1.807, 2.05) is 20.8 Å².